The Kier molecular flexibility index (Phi) is 4.81. The molecule has 1 aromatic carbocycles. The molecule has 0 aromatic heterocycles. The maximum atomic E-state index is 12.3. The zero-order valence-corrected chi connectivity index (χ0v) is 14.8. The number of nitrogens with one attached hydrogen (secondary N) is 3. The minimum absolute atomic E-state index is 0.113. The van der Waals surface area contributed by atoms with Gasteiger partial charge in [0.25, 0.3) is 0 Å². The van der Waals surface area contributed by atoms with E-state index in [9.17, 15) is 4.79 Å². The predicted octanol–water partition coefficient (Wildman–Crippen LogP) is 3.70. The van der Waals surface area contributed by atoms with Gasteiger partial charge in [-0.3, -0.25) is 4.72 Å². The molecule has 4 nitrogen and oxygen atoms in total. The molecule has 24 heavy (non-hydrogen) atoms. The van der Waals surface area contributed by atoms with E-state index in [1.807, 2.05) is 5.41 Å². The van der Waals surface area contributed by atoms with Gasteiger partial charge < -0.3 is 10.6 Å². The molecule has 1 saturated heterocycles. The lowest BCUT2D eigenvalue weighted by Gasteiger charge is -2.16. The van der Waals surface area contributed by atoms with E-state index in [1.165, 1.54) is 59.9 Å². The Morgan fingerprint density at radius 1 is 1.12 bits per heavy atom. The monoisotopic (exact) mass is 343 g/mol. The summed E-state index contributed by atoms with van der Waals surface area (Å²) in [6.07, 6.45) is 11.5. The molecule has 5 heteroatoms. The Hall–Kier alpha value is -1.46. The number of benzene rings is 1. The van der Waals surface area contributed by atoms with Gasteiger partial charge >= 0.3 is 6.03 Å². The fraction of sp³-hybridized carbons (Fsp3) is 0.526. The number of urea groups is 1. The average molecular weight is 343 g/mol. The molecule has 0 saturated carbocycles. The van der Waals surface area contributed by atoms with E-state index in [0.29, 0.717) is 6.04 Å². The molecule has 0 radical (unpaired) electrons. The Balaban J connectivity index is 1.39. The van der Waals surface area contributed by atoms with Crippen molar-refractivity contribution in [2.75, 3.05) is 11.9 Å². The molecular weight excluding hydrogens is 318 g/mol. The molecule has 1 fully saturated rings. The molecular formula is C19H25N3OS. The number of aryl methyl sites for hydroxylation is 2. The molecule has 4 rings (SSSR count). The number of rotatable bonds is 4. The lowest BCUT2D eigenvalue weighted by molar-refractivity contribution is 0.257. The van der Waals surface area contributed by atoms with Gasteiger partial charge in [0.05, 0.1) is 0 Å². The fourth-order valence-corrected chi connectivity index (χ4v) is 4.70. The Labute approximate surface area is 148 Å². The quantitative estimate of drug-likeness (QED) is 0.731. The van der Waals surface area contributed by atoms with E-state index in [-0.39, 0.29) is 6.03 Å². The maximum absolute atomic E-state index is 12.3. The number of anilines is 1. The zero-order chi connectivity index (χ0) is 16.4. The number of hydrogen-bond donors (Lipinski definition) is 3. The van der Waals surface area contributed by atoms with Gasteiger partial charge in [0.15, 0.2) is 0 Å². The third-order valence-electron chi connectivity index (χ3n) is 5.34. The maximum Gasteiger partial charge on any atom is 0.329 e. The van der Waals surface area contributed by atoms with Gasteiger partial charge in [-0.05, 0) is 97.5 Å². The normalized spacial score (nSPS) is 21.9. The summed E-state index contributed by atoms with van der Waals surface area (Å²) in [6.45, 7) is 1.10. The van der Waals surface area contributed by atoms with Crippen LogP contribution in [0.15, 0.2) is 17.6 Å². The van der Waals surface area contributed by atoms with Gasteiger partial charge in [-0.25, -0.2) is 4.79 Å². The van der Waals surface area contributed by atoms with Crippen LogP contribution in [0.25, 0.3) is 0 Å². The van der Waals surface area contributed by atoms with Crippen LogP contribution >= 0.6 is 11.9 Å². The first kappa shape index (κ1) is 16.0. The second kappa shape index (κ2) is 7.19. The summed E-state index contributed by atoms with van der Waals surface area (Å²) in [6, 6.07) is 2.74. The molecule has 1 aromatic rings. The van der Waals surface area contributed by atoms with Crippen molar-refractivity contribution in [3.8, 4) is 0 Å². The summed E-state index contributed by atoms with van der Waals surface area (Å²) in [5, 5.41) is 8.54. The second-order valence-electron chi connectivity index (χ2n) is 6.94. The number of amides is 2. The third-order valence-corrected chi connectivity index (χ3v) is 5.94. The van der Waals surface area contributed by atoms with Crippen molar-refractivity contribution in [1.29, 1.82) is 0 Å². The smallest absolute Gasteiger partial charge is 0.310 e. The minimum Gasteiger partial charge on any atom is -0.310 e. The summed E-state index contributed by atoms with van der Waals surface area (Å²) in [5.74, 6) is 0. The van der Waals surface area contributed by atoms with Crippen molar-refractivity contribution in [2.45, 2.75) is 57.4 Å². The fourth-order valence-electron chi connectivity index (χ4n) is 4.20. The third kappa shape index (κ3) is 3.33. The van der Waals surface area contributed by atoms with Crippen LogP contribution < -0.4 is 15.4 Å². The summed E-state index contributed by atoms with van der Waals surface area (Å²) >= 11 is 1.35. The van der Waals surface area contributed by atoms with Crippen molar-refractivity contribution in [3.05, 3.63) is 39.8 Å². The SMILES string of the molecule is O=C(NS/C=C/C1CCCN1)Nc1c2c(cc3c1CCC3)CCC2. The topological polar surface area (TPSA) is 53.2 Å². The van der Waals surface area contributed by atoms with Crippen molar-refractivity contribution in [2.24, 2.45) is 0 Å². The molecule has 0 spiro atoms. The van der Waals surface area contributed by atoms with E-state index in [0.717, 1.165) is 37.9 Å². The van der Waals surface area contributed by atoms with Crippen LogP contribution in [-0.2, 0) is 25.7 Å². The predicted molar refractivity (Wildman–Crippen MR) is 100 cm³/mol. The zero-order valence-electron chi connectivity index (χ0n) is 14.0. The van der Waals surface area contributed by atoms with Gasteiger partial charge in [-0.1, -0.05) is 12.1 Å². The van der Waals surface area contributed by atoms with Crippen LogP contribution in [0.4, 0.5) is 10.5 Å². The Bertz CT molecular complexity index is 633. The highest BCUT2D eigenvalue weighted by Gasteiger charge is 2.24. The summed E-state index contributed by atoms with van der Waals surface area (Å²) in [5.41, 5.74) is 6.76. The van der Waals surface area contributed by atoms with Gasteiger partial charge in [0.2, 0.25) is 0 Å². The highest BCUT2D eigenvalue weighted by Crippen LogP contribution is 2.38. The number of fused-ring (bicyclic) bond motifs is 2. The summed E-state index contributed by atoms with van der Waals surface area (Å²) in [7, 11) is 0. The summed E-state index contributed by atoms with van der Waals surface area (Å²) < 4.78 is 2.89. The minimum atomic E-state index is -0.113. The molecule has 1 unspecified atom stereocenters. The molecule has 3 aliphatic rings. The van der Waals surface area contributed by atoms with Crippen LogP contribution in [0.3, 0.4) is 0 Å². The molecule has 3 N–H and O–H groups in total. The first-order valence-corrected chi connectivity index (χ1v) is 9.98. The van der Waals surface area contributed by atoms with E-state index < -0.39 is 0 Å². The second-order valence-corrected chi connectivity index (χ2v) is 7.65. The number of carbonyl (C=O) groups is 1. The van der Waals surface area contributed by atoms with E-state index in [2.05, 4.69) is 27.5 Å². The van der Waals surface area contributed by atoms with E-state index in [4.69, 9.17) is 0 Å². The highest BCUT2D eigenvalue weighted by molar-refractivity contribution is 8.00. The average Bonchev–Trinajstić information content (AvgIpc) is 3.31. The van der Waals surface area contributed by atoms with Gasteiger partial charge in [-0.2, -0.15) is 0 Å². The van der Waals surface area contributed by atoms with Crippen LogP contribution in [0, 0.1) is 0 Å². The molecule has 2 amide bonds. The highest BCUT2D eigenvalue weighted by atomic mass is 32.2. The van der Waals surface area contributed by atoms with Crippen LogP contribution in [0.2, 0.25) is 0 Å². The Morgan fingerprint density at radius 3 is 2.54 bits per heavy atom. The van der Waals surface area contributed by atoms with Crippen molar-refractivity contribution in [1.82, 2.24) is 10.0 Å². The first-order valence-electron chi connectivity index (χ1n) is 9.10. The molecule has 1 atom stereocenters. The van der Waals surface area contributed by atoms with Crippen LogP contribution in [0.1, 0.15) is 47.9 Å². The summed E-state index contributed by atoms with van der Waals surface area (Å²) in [4.78, 5) is 12.3. The lowest BCUT2D eigenvalue weighted by Crippen LogP contribution is -2.24. The molecule has 1 aliphatic heterocycles. The van der Waals surface area contributed by atoms with Gasteiger partial charge in [0, 0.05) is 11.7 Å². The van der Waals surface area contributed by atoms with Gasteiger partial charge in [-0.15, -0.1) is 0 Å². The Morgan fingerprint density at radius 2 is 1.88 bits per heavy atom. The van der Waals surface area contributed by atoms with Crippen molar-refractivity contribution >= 4 is 23.7 Å². The van der Waals surface area contributed by atoms with Gasteiger partial charge in [0.1, 0.15) is 0 Å². The lowest BCUT2D eigenvalue weighted by atomic mass is 9.99. The largest absolute Gasteiger partial charge is 0.329 e. The van der Waals surface area contributed by atoms with E-state index in [1.54, 1.807) is 0 Å². The number of carbonyl (C=O) groups excluding carboxylic acids is 1. The van der Waals surface area contributed by atoms with E-state index >= 15 is 0 Å². The molecule has 128 valence electrons. The molecule has 2 aliphatic carbocycles. The number of hydrogen-bond acceptors (Lipinski definition) is 3. The van der Waals surface area contributed by atoms with Crippen molar-refractivity contribution in [3.63, 3.8) is 0 Å². The first-order chi connectivity index (χ1) is 11.8. The van der Waals surface area contributed by atoms with Crippen LogP contribution in [-0.4, -0.2) is 18.6 Å². The van der Waals surface area contributed by atoms with Crippen molar-refractivity contribution < 1.29 is 4.79 Å². The van der Waals surface area contributed by atoms with Crippen LogP contribution in [0.5, 0.6) is 0 Å². The standard InChI is InChI=1S/C19H25N3OS/c23-19(22-24-11-9-15-6-3-10-20-15)21-18-16-7-1-4-13(16)12-14-5-2-8-17(14)18/h9,11-12,15,20H,1-8,10H2,(H2,21,22,23)/b11-9+. The molecule has 1 heterocycles. The molecule has 0 bridgehead atoms.